The number of aromatic amines is 1. The molecule has 6 heteroatoms. The molecule has 0 aliphatic carbocycles. The van der Waals surface area contributed by atoms with Crippen LogP contribution in [-0.4, -0.2) is 21.1 Å². The standard InChI is InChI=1S/C15H15N5O/c1-10(21)17-8-11-4-5-16-15(6-11)19-13-3-2-12-9-18-20-14(12)7-13/h2-7,9H,8H2,1H3,(H,16,19)(H,17,21)(H,18,20). The van der Waals surface area contributed by atoms with Gasteiger partial charge in [-0.25, -0.2) is 4.98 Å². The monoisotopic (exact) mass is 281 g/mol. The molecule has 0 saturated heterocycles. The van der Waals surface area contributed by atoms with E-state index in [-0.39, 0.29) is 5.91 Å². The maximum Gasteiger partial charge on any atom is 0.217 e. The predicted octanol–water partition coefficient (Wildman–Crippen LogP) is 2.34. The molecule has 106 valence electrons. The number of rotatable bonds is 4. The Balaban J connectivity index is 1.77. The average molecular weight is 281 g/mol. The quantitative estimate of drug-likeness (QED) is 0.685. The molecule has 0 bridgehead atoms. The Morgan fingerprint density at radius 1 is 1.29 bits per heavy atom. The molecule has 0 aliphatic rings. The molecular weight excluding hydrogens is 266 g/mol. The highest BCUT2D eigenvalue weighted by Gasteiger charge is 2.01. The predicted molar refractivity (Wildman–Crippen MR) is 81.1 cm³/mol. The second kappa shape index (κ2) is 5.62. The Bertz CT molecular complexity index is 780. The van der Waals surface area contributed by atoms with Crippen molar-refractivity contribution in [1.29, 1.82) is 0 Å². The third-order valence-electron chi connectivity index (χ3n) is 3.08. The van der Waals surface area contributed by atoms with Gasteiger partial charge in [0.15, 0.2) is 0 Å². The van der Waals surface area contributed by atoms with Crippen LogP contribution in [0.4, 0.5) is 11.5 Å². The number of nitrogens with one attached hydrogen (secondary N) is 3. The highest BCUT2D eigenvalue weighted by Crippen LogP contribution is 2.20. The molecule has 0 spiro atoms. The summed E-state index contributed by atoms with van der Waals surface area (Å²) in [6.45, 7) is 1.99. The summed E-state index contributed by atoms with van der Waals surface area (Å²) in [5.41, 5.74) is 2.88. The Morgan fingerprint density at radius 2 is 2.19 bits per heavy atom. The Kier molecular flexibility index (Phi) is 3.51. The Morgan fingerprint density at radius 3 is 3.05 bits per heavy atom. The van der Waals surface area contributed by atoms with Gasteiger partial charge in [-0.2, -0.15) is 5.10 Å². The number of amides is 1. The summed E-state index contributed by atoms with van der Waals surface area (Å²) in [5.74, 6) is 0.683. The number of carbonyl (C=O) groups excluding carboxylic acids is 1. The van der Waals surface area contributed by atoms with Crippen molar-refractivity contribution < 1.29 is 4.79 Å². The van der Waals surface area contributed by atoms with Gasteiger partial charge in [0.25, 0.3) is 0 Å². The van der Waals surface area contributed by atoms with Gasteiger partial charge in [-0.3, -0.25) is 9.89 Å². The number of fused-ring (bicyclic) bond motifs is 1. The summed E-state index contributed by atoms with van der Waals surface area (Å²) < 4.78 is 0. The summed E-state index contributed by atoms with van der Waals surface area (Å²) in [6, 6.07) is 9.72. The number of H-pyrrole nitrogens is 1. The smallest absolute Gasteiger partial charge is 0.217 e. The molecule has 2 heterocycles. The zero-order valence-electron chi connectivity index (χ0n) is 11.6. The van der Waals surface area contributed by atoms with E-state index in [1.54, 1.807) is 12.4 Å². The minimum atomic E-state index is -0.0500. The summed E-state index contributed by atoms with van der Waals surface area (Å²) in [7, 11) is 0. The number of hydrogen-bond donors (Lipinski definition) is 3. The normalized spacial score (nSPS) is 10.5. The summed E-state index contributed by atoms with van der Waals surface area (Å²) in [6.07, 6.45) is 3.50. The number of anilines is 2. The van der Waals surface area contributed by atoms with E-state index in [1.165, 1.54) is 6.92 Å². The molecule has 0 atom stereocenters. The van der Waals surface area contributed by atoms with Gasteiger partial charge in [0.2, 0.25) is 5.91 Å². The summed E-state index contributed by atoms with van der Waals surface area (Å²) in [5, 5.41) is 14.0. The van der Waals surface area contributed by atoms with E-state index in [4.69, 9.17) is 0 Å². The van der Waals surface area contributed by atoms with Crippen molar-refractivity contribution in [3.05, 3.63) is 48.3 Å². The van der Waals surface area contributed by atoms with E-state index in [0.717, 1.165) is 28.0 Å². The molecule has 21 heavy (non-hydrogen) atoms. The molecule has 1 amide bonds. The Labute approximate surface area is 121 Å². The molecule has 0 radical (unpaired) electrons. The second-order valence-electron chi connectivity index (χ2n) is 4.76. The minimum absolute atomic E-state index is 0.0500. The van der Waals surface area contributed by atoms with Crippen molar-refractivity contribution in [3.8, 4) is 0 Å². The van der Waals surface area contributed by atoms with Crippen molar-refractivity contribution in [2.45, 2.75) is 13.5 Å². The Hall–Kier alpha value is -2.89. The van der Waals surface area contributed by atoms with Crippen molar-refractivity contribution in [1.82, 2.24) is 20.5 Å². The lowest BCUT2D eigenvalue weighted by molar-refractivity contribution is -0.119. The lowest BCUT2D eigenvalue weighted by atomic mass is 10.2. The number of pyridine rings is 1. The molecule has 0 fully saturated rings. The topological polar surface area (TPSA) is 82.7 Å². The number of nitrogens with zero attached hydrogens (tertiary/aromatic N) is 2. The van der Waals surface area contributed by atoms with E-state index in [2.05, 4.69) is 25.8 Å². The summed E-state index contributed by atoms with van der Waals surface area (Å²) >= 11 is 0. The zero-order valence-corrected chi connectivity index (χ0v) is 11.6. The third kappa shape index (κ3) is 3.17. The molecule has 3 aromatic rings. The van der Waals surface area contributed by atoms with Gasteiger partial charge in [0, 0.05) is 30.7 Å². The van der Waals surface area contributed by atoms with E-state index in [1.807, 2.05) is 30.3 Å². The molecule has 3 rings (SSSR count). The van der Waals surface area contributed by atoms with Crippen LogP contribution >= 0.6 is 0 Å². The zero-order chi connectivity index (χ0) is 14.7. The molecule has 0 saturated carbocycles. The molecule has 6 nitrogen and oxygen atoms in total. The lowest BCUT2D eigenvalue weighted by Crippen LogP contribution is -2.18. The first-order chi connectivity index (χ1) is 10.2. The minimum Gasteiger partial charge on any atom is -0.352 e. The largest absolute Gasteiger partial charge is 0.352 e. The van der Waals surface area contributed by atoms with Crippen LogP contribution in [0.5, 0.6) is 0 Å². The number of benzene rings is 1. The van der Waals surface area contributed by atoms with Gasteiger partial charge in [-0.15, -0.1) is 0 Å². The number of hydrogen-bond acceptors (Lipinski definition) is 4. The molecule has 3 N–H and O–H groups in total. The van der Waals surface area contributed by atoms with Crippen molar-refractivity contribution in [2.24, 2.45) is 0 Å². The van der Waals surface area contributed by atoms with Crippen molar-refractivity contribution in [2.75, 3.05) is 5.32 Å². The second-order valence-corrected chi connectivity index (χ2v) is 4.76. The molecule has 2 aromatic heterocycles. The number of carbonyl (C=O) groups is 1. The average Bonchev–Trinajstić information content (AvgIpc) is 2.93. The lowest BCUT2D eigenvalue weighted by Gasteiger charge is -2.08. The van der Waals surface area contributed by atoms with Crippen LogP contribution in [0, 0.1) is 0 Å². The summed E-state index contributed by atoms with van der Waals surface area (Å²) in [4.78, 5) is 15.2. The maximum absolute atomic E-state index is 10.9. The molecule has 1 aromatic carbocycles. The van der Waals surface area contributed by atoms with Crippen LogP contribution in [0.3, 0.4) is 0 Å². The van der Waals surface area contributed by atoms with E-state index in [9.17, 15) is 4.79 Å². The van der Waals surface area contributed by atoms with Crippen LogP contribution in [0.25, 0.3) is 10.9 Å². The van der Waals surface area contributed by atoms with Crippen molar-refractivity contribution in [3.63, 3.8) is 0 Å². The SMILES string of the molecule is CC(=O)NCc1ccnc(Nc2ccc3cn[nH]c3c2)c1. The first-order valence-corrected chi connectivity index (χ1v) is 6.60. The molecule has 0 unspecified atom stereocenters. The van der Waals surface area contributed by atoms with E-state index >= 15 is 0 Å². The fraction of sp³-hybridized carbons (Fsp3) is 0.133. The maximum atomic E-state index is 10.9. The first kappa shape index (κ1) is 13.1. The van der Waals surface area contributed by atoms with Crippen molar-refractivity contribution >= 4 is 28.3 Å². The molecule has 0 aliphatic heterocycles. The first-order valence-electron chi connectivity index (χ1n) is 6.60. The highest BCUT2D eigenvalue weighted by molar-refractivity contribution is 5.82. The van der Waals surface area contributed by atoms with E-state index < -0.39 is 0 Å². The van der Waals surface area contributed by atoms with E-state index in [0.29, 0.717) is 6.54 Å². The fourth-order valence-electron chi connectivity index (χ4n) is 2.04. The van der Waals surface area contributed by atoms with Crippen LogP contribution < -0.4 is 10.6 Å². The van der Waals surface area contributed by atoms with Gasteiger partial charge in [-0.05, 0) is 35.9 Å². The number of aromatic nitrogens is 3. The van der Waals surface area contributed by atoms with Gasteiger partial charge in [0.05, 0.1) is 11.7 Å². The van der Waals surface area contributed by atoms with Gasteiger partial charge in [-0.1, -0.05) is 0 Å². The van der Waals surface area contributed by atoms with Gasteiger partial charge >= 0.3 is 0 Å². The highest BCUT2D eigenvalue weighted by atomic mass is 16.1. The van der Waals surface area contributed by atoms with Crippen LogP contribution in [0.1, 0.15) is 12.5 Å². The van der Waals surface area contributed by atoms with Gasteiger partial charge < -0.3 is 10.6 Å². The molecular formula is C15H15N5O. The van der Waals surface area contributed by atoms with Crippen LogP contribution in [-0.2, 0) is 11.3 Å². The van der Waals surface area contributed by atoms with Gasteiger partial charge in [0.1, 0.15) is 5.82 Å². The fourth-order valence-corrected chi connectivity index (χ4v) is 2.04. The van der Waals surface area contributed by atoms with Crippen LogP contribution in [0.2, 0.25) is 0 Å². The third-order valence-corrected chi connectivity index (χ3v) is 3.08. The van der Waals surface area contributed by atoms with Crippen LogP contribution in [0.15, 0.2) is 42.7 Å².